The fourth-order valence-corrected chi connectivity index (χ4v) is 4.30. The van der Waals surface area contributed by atoms with Crippen molar-refractivity contribution in [1.82, 2.24) is 9.88 Å². The summed E-state index contributed by atoms with van der Waals surface area (Å²) in [6.45, 7) is 11.1. The Kier molecular flexibility index (Phi) is 8.10. The molecule has 1 N–H and O–H groups in total. The summed E-state index contributed by atoms with van der Waals surface area (Å²) in [5, 5.41) is 3.57. The zero-order valence-electron chi connectivity index (χ0n) is 19.2. The van der Waals surface area contributed by atoms with Crippen LogP contribution in [-0.4, -0.2) is 60.6 Å². The van der Waals surface area contributed by atoms with E-state index < -0.39 is 0 Å². The van der Waals surface area contributed by atoms with E-state index in [1.54, 1.807) is 19.2 Å². The number of nitrogens with zero attached hydrogens (tertiary/aromatic N) is 3. The first-order valence-corrected chi connectivity index (χ1v) is 11.4. The number of hydrogen-bond acceptors (Lipinski definition) is 6. The van der Waals surface area contributed by atoms with Crippen LogP contribution in [0.5, 0.6) is 0 Å². The van der Waals surface area contributed by atoms with E-state index in [-0.39, 0.29) is 17.9 Å². The Bertz CT molecular complexity index is 941. The monoisotopic (exact) mass is 458 g/mol. The lowest BCUT2D eigenvalue weighted by atomic mass is 10.1. The third kappa shape index (κ3) is 5.78. The summed E-state index contributed by atoms with van der Waals surface area (Å²) in [6.07, 6.45) is 2.46. The number of aryl methyl sites for hydroxylation is 2. The molecule has 3 rings (SSSR count). The van der Waals surface area contributed by atoms with Crippen LogP contribution in [0.4, 0.5) is 11.5 Å². The smallest absolute Gasteiger partial charge is 0.339 e. The summed E-state index contributed by atoms with van der Waals surface area (Å²) in [5.41, 5.74) is 3.14. The van der Waals surface area contributed by atoms with E-state index in [0.717, 1.165) is 49.5 Å². The van der Waals surface area contributed by atoms with Gasteiger partial charge in [-0.25, -0.2) is 9.78 Å². The van der Waals surface area contributed by atoms with Gasteiger partial charge in [-0.1, -0.05) is 17.7 Å². The standard InChI is InChI=1S/C24H31ClN4O3/c1-5-32-24(31)19-7-8-21(26-15-19)29-10-6-9-28(11-12-29)18(4)23(30)27-22-17(3)13-16(2)14-20(22)25/h7-8,13-15,18H,5-6,9-12H2,1-4H3,(H,27,30). The van der Waals surface area contributed by atoms with Gasteiger partial charge in [0.25, 0.3) is 0 Å². The number of aromatic nitrogens is 1. The SMILES string of the molecule is CCOC(=O)c1ccc(N2CCCN(C(C)C(=O)Nc3c(C)cc(C)cc3Cl)CC2)nc1. The lowest BCUT2D eigenvalue weighted by Gasteiger charge is -2.27. The van der Waals surface area contributed by atoms with Gasteiger partial charge in [0.15, 0.2) is 0 Å². The van der Waals surface area contributed by atoms with Crippen LogP contribution in [0.2, 0.25) is 5.02 Å². The normalized spacial score (nSPS) is 15.7. The average Bonchev–Trinajstić information content (AvgIpc) is 3.02. The van der Waals surface area contributed by atoms with Crippen LogP contribution >= 0.6 is 11.6 Å². The summed E-state index contributed by atoms with van der Waals surface area (Å²) in [6, 6.07) is 7.17. The second-order valence-corrected chi connectivity index (χ2v) is 8.51. The summed E-state index contributed by atoms with van der Waals surface area (Å²) >= 11 is 6.36. The second-order valence-electron chi connectivity index (χ2n) is 8.11. The molecule has 1 saturated heterocycles. The molecule has 1 aliphatic heterocycles. The summed E-state index contributed by atoms with van der Waals surface area (Å²) in [4.78, 5) is 33.6. The summed E-state index contributed by atoms with van der Waals surface area (Å²) in [7, 11) is 0. The largest absolute Gasteiger partial charge is 0.462 e. The van der Waals surface area contributed by atoms with Crippen molar-refractivity contribution in [1.29, 1.82) is 0 Å². The van der Waals surface area contributed by atoms with Crippen LogP contribution < -0.4 is 10.2 Å². The number of pyridine rings is 1. The van der Waals surface area contributed by atoms with Crippen molar-refractivity contribution in [3.05, 3.63) is 52.2 Å². The molecular weight excluding hydrogens is 428 g/mol. The Morgan fingerprint density at radius 3 is 2.62 bits per heavy atom. The van der Waals surface area contributed by atoms with Crippen LogP contribution in [0.3, 0.4) is 0 Å². The molecule has 1 aromatic carbocycles. The van der Waals surface area contributed by atoms with E-state index >= 15 is 0 Å². The molecular formula is C24H31ClN4O3. The number of carbonyl (C=O) groups is 2. The maximum atomic E-state index is 12.9. The Balaban J connectivity index is 1.61. The highest BCUT2D eigenvalue weighted by molar-refractivity contribution is 6.34. The van der Waals surface area contributed by atoms with Gasteiger partial charge in [0.2, 0.25) is 5.91 Å². The van der Waals surface area contributed by atoms with Crippen molar-refractivity contribution >= 4 is 35.0 Å². The molecule has 1 fully saturated rings. The van der Waals surface area contributed by atoms with E-state index in [2.05, 4.69) is 20.1 Å². The Labute approximate surface area is 194 Å². The van der Waals surface area contributed by atoms with Crippen molar-refractivity contribution in [2.24, 2.45) is 0 Å². The number of ether oxygens (including phenoxy) is 1. The Morgan fingerprint density at radius 1 is 1.19 bits per heavy atom. The zero-order chi connectivity index (χ0) is 23.3. The lowest BCUT2D eigenvalue weighted by Crippen LogP contribution is -2.44. The Hall–Kier alpha value is -2.64. The van der Waals surface area contributed by atoms with Crippen LogP contribution in [0.1, 0.15) is 41.8 Å². The highest BCUT2D eigenvalue weighted by atomic mass is 35.5. The van der Waals surface area contributed by atoms with Gasteiger partial charge in [-0.05, 0) is 63.4 Å². The van der Waals surface area contributed by atoms with Crippen LogP contribution in [0.25, 0.3) is 0 Å². The fraction of sp³-hybridized carbons (Fsp3) is 0.458. The predicted molar refractivity (Wildman–Crippen MR) is 128 cm³/mol. The molecule has 1 unspecified atom stereocenters. The Morgan fingerprint density at radius 2 is 1.97 bits per heavy atom. The first kappa shape index (κ1) is 24.0. The molecule has 0 bridgehead atoms. The van der Waals surface area contributed by atoms with Gasteiger partial charge in [-0.3, -0.25) is 9.69 Å². The molecule has 1 aliphatic rings. The third-order valence-corrected chi connectivity index (χ3v) is 6.02. The van der Waals surface area contributed by atoms with Crippen LogP contribution in [0.15, 0.2) is 30.5 Å². The highest BCUT2D eigenvalue weighted by Gasteiger charge is 2.25. The minimum atomic E-state index is -0.364. The minimum Gasteiger partial charge on any atom is -0.462 e. The van der Waals surface area contributed by atoms with Crippen molar-refractivity contribution in [3.63, 3.8) is 0 Å². The number of carbonyl (C=O) groups excluding carboxylic acids is 2. The second kappa shape index (κ2) is 10.8. The maximum absolute atomic E-state index is 12.9. The molecule has 172 valence electrons. The maximum Gasteiger partial charge on any atom is 0.339 e. The van der Waals surface area contributed by atoms with Gasteiger partial charge in [0.1, 0.15) is 5.82 Å². The molecule has 0 aliphatic carbocycles. The number of amides is 1. The van der Waals surface area contributed by atoms with E-state index in [1.807, 2.05) is 39.0 Å². The molecule has 7 nitrogen and oxygen atoms in total. The molecule has 1 amide bonds. The molecule has 0 spiro atoms. The van der Waals surface area contributed by atoms with Gasteiger partial charge in [-0.2, -0.15) is 0 Å². The predicted octanol–water partition coefficient (Wildman–Crippen LogP) is 4.07. The average molecular weight is 459 g/mol. The number of nitrogens with one attached hydrogen (secondary N) is 1. The van der Waals surface area contributed by atoms with Gasteiger partial charge in [-0.15, -0.1) is 0 Å². The van der Waals surface area contributed by atoms with Gasteiger partial charge >= 0.3 is 5.97 Å². The van der Waals surface area contributed by atoms with Crippen molar-refractivity contribution < 1.29 is 14.3 Å². The topological polar surface area (TPSA) is 74.8 Å². The number of rotatable bonds is 6. The molecule has 1 aromatic heterocycles. The summed E-state index contributed by atoms with van der Waals surface area (Å²) < 4.78 is 5.01. The number of hydrogen-bond donors (Lipinski definition) is 1. The van der Waals surface area contributed by atoms with Gasteiger partial charge in [0.05, 0.1) is 28.9 Å². The molecule has 0 radical (unpaired) electrons. The van der Waals surface area contributed by atoms with Crippen molar-refractivity contribution in [3.8, 4) is 0 Å². The van der Waals surface area contributed by atoms with E-state index in [1.165, 1.54) is 0 Å². The highest BCUT2D eigenvalue weighted by Crippen LogP contribution is 2.27. The van der Waals surface area contributed by atoms with E-state index in [9.17, 15) is 9.59 Å². The molecule has 1 atom stereocenters. The van der Waals surface area contributed by atoms with Crippen molar-refractivity contribution in [2.45, 2.75) is 40.2 Å². The van der Waals surface area contributed by atoms with Gasteiger partial charge in [0, 0.05) is 32.4 Å². The number of benzene rings is 1. The number of esters is 1. The fourth-order valence-electron chi connectivity index (χ4n) is 3.93. The number of anilines is 2. The molecule has 32 heavy (non-hydrogen) atoms. The third-order valence-electron chi connectivity index (χ3n) is 5.72. The molecule has 0 saturated carbocycles. The lowest BCUT2D eigenvalue weighted by molar-refractivity contribution is -0.120. The molecule has 8 heteroatoms. The molecule has 2 aromatic rings. The quantitative estimate of drug-likeness (QED) is 0.658. The summed E-state index contributed by atoms with van der Waals surface area (Å²) in [5.74, 6) is 0.389. The minimum absolute atomic E-state index is 0.0655. The zero-order valence-corrected chi connectivity index (χ0v) is 19.9. The van der Waals surface area contributed by atoms with Crippen LogP contribution in [-0.2, 0) is 9.53 Å². The van der Waals surface area contributed by atoms with E-state index in [4.69, 9.17) is 16.3 Å². The van der Waals surface area contributed by atoms with Crippen LogP contribution in [0, 0.1) is 13.8 Å². The molecule has 2 heterocycles. The van der Waals surface area contributed by atoms with Crippen molar-refractivity contribution in [2.75, 3.05) is 43.0 Å². The number of halogens is 1. The van der Waals surface area contributed by atoms with E-state index in [0.29, 0.717) is 22.9 Å². The first-order valence-electron chi connectivity index (χ1n) is 11.0. The first-order chi connectivity index (χ1) is 15.3. The van der Waals surface area contributed by atoms with Gasteiger partial charge < -0.3 is 15.0 Å².